The number of benzene rings is 2. The Kier molecular flexibility index (Phi) is 10.7. The van der Waals surface area contributed by atoms with Crippen molar-refractivity contribution in [2.75, 3.05) is 31.1 Å². The van der Waals surface area contributed by atoms with E-state index in [1.54, 1.807) is 11.0 Å². The number of rotatable bonds is 10. The molecule has 2 aromatic rings. The average Bonchev–Trinajstić information content (AvgIpc) is 3.28. The van der Waals surface area contributed by atoms with Gasteiger partial charge in [0.25, 0.3) is 5.91 Å². The van der Waals surface area contributed by atoms with Gasteiger partial charge in [-0.15, -0.1) is 13.2 Å². The number of hydrogen-bond acceptors (Lipinski definition) is 7. The van der Waals surface area contributed by atoms with Gasteiger partial charge in [-0.2, -0.15) is 4.31 Å². The monoisotopic (exact) mass is 708 g/mol. The summed E-state index contributed by atoms with van der Waals surface area (Å²) in [5.74, 6) is -0.947. The van der Waals surface area contributed by atoms with E-state index in [4.69, 9.17) is 4.43 Å². The number of carbonyl (C=O) groups excluding carboxylic acids is 2. The van der Waals surface area contributed by atoms with Crippen LogP contribution in [0.5, 0.6) is 5.75 Å². The molecule has 2 aromatic carbocycles. The molecule has 0 bridgehead atoms. The number of anilines is 1. The third-order valence-corrected chi connectivity index (χ3v) is 15.3. The van der Waals surface area contributed by atoms with Crippen LogP contribution in [-0.2, 0) is 24.0 Å². The van der Waals surface area contributed by atoms with Crippen LogP contribution in [0, 0.1) is 6.92 Å². The summed E-state index contributed by atoms with van der Waals surface area (Å²) >= 11 is 0. The number of halogens is 3. The van der Waals surface area contributed by atoms with E-state index in [0.29, 0.717) is 24.4 Å². The van der Waals surface area contributed by atoms with Crippen LogP contribution in [0.2, 0.25) is 18.1 Å². The SMILES string of the molecule is CC(=O)N(CCO[Si](C)(C)C(C)(C)C)c1ccc(C)c(C=CS(=O)(=O)N2CCC3(CC2)N=C(c2cccc(OC(F)(F)F)c2)NC3=O)c1. The van der Waals surface area contributed by atoms with Crippen molar-refractivity contribution in [3.8, 4) is 5.75 Å². The fraction of sp³-hybridized carbons (Fsp3) is 0.485. The summed E-state index contributed by atoms with van der Waals surface area (Å²) in [5.41, 5.74) is 1.08. The van der Waals surface area contributed by atoms with Gasteiger partial charge in [0.2, 0.25) is 15.9 Å². The minimum absolute atomic E-state index is 0.0134. The quantitative estimate of drug-likeness (QED) is 0.304. The maximum absolute atomic E-state index is 13.4. The van der Waals surface area contributed by atoms with Crippen LogP contribution in [0.4, 0.5) is 18.9 Å². The third-order valence-electron chi connectivity index (χ3n) is 9.19. The zero-order valence-electron chi connectivity index (χ0n) is 28.3. The standard InChI is InChI=1S/C33H43F3N4O6SSi/c1-23-11-12-27(40(24(2)41)18-19-45-48(6,7)31(3,4)5)21-25(23)13-20-47(43,44)39-16-14-32(15-17-39)30(42)37-29(38-32)26-9-8-10-28(22-26)46-33(34,35)36/h8-13,20-22H,14-19H2,1-7H3,(H,37,38,42). The van der Waals surface area contributed by atoms with Crippen LogP contribution in [0.3, 0.4) is 0 Å². The van der Waals surface area contributed by atoms with E-state index in [0.717, 1.165) is 23.1 Å². The predicted molar refractivity (Wildman–Crippen MR) is 182 cm³/mol. The van der Waals surface area contributed by atoms with E-state index >= 15 is 0 Å². The van der Waals surface area contributed by atoms with Crippen molar-refractivity contribution in [2.24, 2.45) is 4.99 Å². The highest BCUT2D eigenvalue weighted by molar-refractivity contribution is 7.92. The molecule has 2 amide bonds. The second-order valence-corrected chi connectivity index (χ2v) is 20.2. The van der Waals surface area contributed by atoms with Gasteiger partial charge in [-0.05, 0) is 79.4 Å². The lowest BCUT2D eigenvalue weighted by Crippen LogP contribution is -2.50. The van der Waals surface area contributed by atoms with Gasteiger partial charge in [0, 0.05) is 43.2 Å². The molecule has 1 saturated heterocycles. The number of aliphatic imine (C=N–C) groups is 1. The molecule has 0 atom stereocenters. The highest BCUT2D eigenvalue weighted by Crippen LogP contribution is 2.37. The molecule has 2 aliphatic heterocycles. The zero-order chi connectivity index (χ0) is 35.7. The molecule has 4 rings (SSSR count). The topological polar surface area (TPSA) is 118 Å². The summed E-state index contributed by atoms with van der Waals surface area (Å²) in [7, 11) is -5.90. The number of piperidine rings is 1. The number of alkyl halides is 3. The minimum atomic E-state index is -4.87. The molecule has 2 heterocycles. The van der Waals surface area contributed by atoms with Gasteiger partial charge in [0.15, 0.2) is 8.32 Å². The van der Waals surface area contributed by atoms with Gasteiger partial charge in [-0.25, -0.2) is 8.42 Å². The van der Waals surface area contributed by atoms with E-state index in [1.807, 2.05) is 19.1 Å². The molecule has 1 spiro atoms. The minimum Gasteiger partial charge on any atom is -0.415 e. The summed E-state index contributed by atoms with van der Waals surface area (Å²) in [4.78, 5) is 31.7. The molecule has 1 N–H and O–H groups in total. The highest BCUT2D eigenvalue weighted by Gasteiger charge is 2.47. The van der Waals surface area contributed by atoms with E-state index in [9.17, 15) is 31.2 Å². The van der Waals surface area contributed by atoms with E-state index in [1.165, 1.54) is 29.4 Å². The lowest BCUT2D eigenvalue weighted by Gasteiger charge is -2.36. The van der Waals surface area contributed by atoms with Crippen molar-refractivity contribution >= 4 is 47.8 Å². The summed E-state index contributed by atoms with van der Waals surface area (Å²) in [6, 6.07) is 10.6. The molecule has 48 heavy (non-hydrogen) atoms. The second-order valence-electron chi connectivity index (χ2n) is 13.6. The number of carbonyl (C=O) groups is 2. The molecule has 0 unspecified atom stereocenters. The lowest BCUT2D eigenvalue weighted by molar-refractivity contribution is -0.274. The maximum Gasteiger partial charge on any atom is 0.573 e. The molecule has 262 valence electrons. The molecular weight excluding hydrogens is 666 g/mol. The summed E-state index contributed by atoms with van der Waals surface area (Å²) in [5, 5.41) is 3.78. The molecule has 0 radical (unpaired) electrons. The molecule has 0 saturated carbocycles. The predicted octanol–water partition coefficient (Wildman–Crippen LogP) is 5.98. The van der Waals surface area contributed by atoms with Crippen molar-refractivity contribution in [3.05, 3.63) is 64.6 Å². The lowest BCUT2D eigenvalue weighted by atomic mass is 9.89. The Bertz CT molecular complexity index is 1710. The average molecular weight is 709 g/mol. The smallest absolute Gasteiger partial charge is 0.415 e. The Morgan fingerprint density at radius 2 is 1.79 bits per heavy atom. The number of amides is 2. The molecule has 0 aliphatic carbocycles. The van der Waals surface area contributed by atoms with Gasteiger partial charge in [-0.1, -0.05) is 39.0 Å². The van der Waals surface area contributed by atoms with Crippen LogP contribution in [0.1, 0.15) is 57.2 Å². The number of sulfonamides is 1. The van der Waals surface area contributed by atoms with Crippen LogP contribution in [-0.4, -0.2) is 76.8 Å². The van der Waals surface area contributed by atoms with Gasteiger partial charge in [0.1, 0.15) is 17.1 Å². The molecule has 10 nitrogen and oxygen atoms in total. The first kappa shape index (κ1) is 37.3. The first-order chi connectivity index (χ1) is 22.1. The molecule has 1 fully saturated rings. The zero-order valence-corrected chi connectivity index (χ0v) is 30.1. The Morgan fingerprint density at radius 1 is 1.12 bits per heavy atom. The van der Waals surface area contributed by atoms with E-state index in [2.05, 4.69) is 48.9 Å². The Hall–Kier alpha value is -3.53. The Morgan fingerprint density at radius 3 is 2.40 bits per heavy atom. The fourth-order valence-corrected chi connectivity index (χ4v) is 7.46. The van der Waals surface area contributed by atoms with Crippen LogP contribution < -0.4 is 15.0 Å². The number of aryl methyl sites for hydroxylation is 1. The number of amidine groups is 1. The summed E-state index contributed by atoms with van der Waals surface area (Å²) < 4.78 is 76.3. The van der Waals surface area contributed by atoms with Gasteiger partial charge in [-0.3, -0.25) is 14.6 Å². The van der Waals surface area contributed by atoms with Crippen molar-refractivity contribution in [1.82, 2.24) is 9.62 Å². The van der Waals surface area contributed by atoms with Crippen molar-refractivity contribution in [3.63, 3.8) is 0 Å². The van der Waals surface area contributed by atoms with Gasteiger partial charge < -0.3 is 19.4 Å². The van der Waals surface area contributed by atoms with Crippen LogP contribution in [0.15, 0.2) is 52.9 Å². The second kappa shape index (κ2) is 13.8. The number of nitrogens with one attached hydrogen (secondary N) is 1. The van der Waals surface area contributed by atoms with Gasteiger partial charge in [0.05, 0.1) is 6.61 Å². The van der Waals surface area contributed by atoms with Gasteiger partial charge >= 0.3 is 6.36 Å². The van der Waals surface area contributed by atoms with Crippen LogP contribution >= 0.6 is 0 Å². The molecular formula is C33H43F3N4O6SSi. The molecule has 2 aliphatic rings. The summed E-state index contributed by atoms with van der Waals surface area (Å²) in [6.45, 7) is 14.8. The number of nitrogens with zero attached hydrogens (tertiary/aromatic N) is 3. The molecule has 15 heteroatoms. The number of hydrogen-bond donors (Lipinski definition) is 1. The highest BCUT2D eigenvalue weighted by atomic mass is 32.2. The third kappa shape index (κ3) is 8.73. The first-order valence-electron chi connectivity index (χ1n) is 15.6. The van der Waals surface area contributed by atoms with E-state index in [-0.39, 0.29) is 48.3 Å². The Balaban J connectivity index is 1.44. The van der Waals surface area contributed by atoms with E-state index < -0.39 is 41.9 Å². The van der Waals surface area contributed by atoms with Crippen molar-refractivity contribution < 1.29 is 40.3 Å². The number of ether oxygens (including phenoxy) is 1. The largest absolute Gasteiger partial charge is 0.573 e. The van der Waals surface area contributed by atoms with Crippen molar-refractivity contribution in [2.45, 2.75) is 77.5 Å². The van der Waals surface area contributed by atoms with Crippen LogP contribution in [0.25, 0.3) is 6.08 Å². The van der Waals surface area contributed by atoms with Crippen molar-refractivity contribution in [1.29, 1.82) is 0 Å². The Labute approximate surface area is 281 Å². The first-order valence-corrected chi connectivity index (χ1v) is 20.0. The normalized spacial score (nSPS) is 17.5. The summed E-state index contributed by atoms with van der Waals surface area (Å²) in [6.07, 6.45) is -3.19. The maximum atomic E-state index is 13.4. The fourth-order valence-electron chi connectivity index (χ4n) is 5.24. The molecule has 0 aromatic heterocycles.